The summed E-state index contributed by atoms with van der Waals surface area (Å²) in [5.41, 5.74) is 0. The molecule has 1 aromatic rings. The monoisotopic (exact) mass is 282 g/mol. The second-order valence-corrected chi connectivity index (χ2v) is 5.35. The quantitative estimate of drug-likeness (QED) is 0.844. The number of carboxylic acid groups (broad SMARTS) is 1. The molecule has 0 atom stereocenters. The van der Waals surface area contributed by atoms with Crippen LogP contribution in [0.2, 0.25) is 10.0 Å². The third-order valence-corrected chi connectivity index (χ3v) is 3.75. The molecule has 0 aromatic heterocycles. The molecule has 5 nitrogen and oxygen atoms in total. The smallest absolute Gasteiger partial charge is 0.240 e. The average Bonchev–Trinajstić information content (AvgIpc) is 2.19. The molecular formula is C8H6Cl2NO4S-. The van der Waals surface area contributed by atoms with Crippen LogP contribution in [0.15, 0.2) is 23.1 Å². The first-order valence-corrected chi connectivity index (χ1v) is 6.21. The molecule has 0 aliphatic carbocycles. The molecule has 0 aliphatic rings. The fourth-order valence-electron chi connectivity index (χ4n) is 0.881. The van der Waals surface area contributed by atoms with Crippen molar-refractivity contribution in [2.24, 2.45) is 0 Å². The van der Waals surface area contributed by atoms with Crippen LogP contribution in [0.25, 0.3) is 0 Å². The van der Waals surface area contributed by atoms with E-state index in [1.165, 1.54) is 12.1 Å². The molecule has 0 fully saturated rings. The van der Waals surface area contributed by atoms with Gasteiger partial charge < -0.3 is 9.90 Å². The largest absolute Gasteiger partial charge is 0.549 e. The van der Waals surface area contributed by atoms with Crippen LogP contribution in [0.1, 0.15) is 0 Å². The Hall–Kier alpha value is -0.820. The van der Waals surface area contributed by atoms with Crippen molar-refractivity contribution in [1.82, 2.24) is 4.72 Å². The molecule has 1 aromatic carbocycles. The second-order valence-electron chi connectivity index (χ2n) is 2.77. The van der Waals surface area contributed by atoms with Crippen LogP contribution in [-0.4, -0.2) is 20.9 Å². The highest BCUT2D eigenvalue weighted by Gasteiger charge is 2.14. The van der Waals surface area contributed by atoms with Gasteiger partial charge in [0.05, 0.1) is 27.5 Å². The van der Waals surface area contributed by atoms with Gasteiger partial charge in [-0.3, -0.25) is 0 Å². The van der Waals surface area contributed by atoms with Crippen molar-refractivity contribution >= 4 is 39.2 Å². The van der Waals surface area contributed by atoms with Gasteiger partial charge in [-0.15, -0.1) is 0 Å². The summed E-state index contributed by atoms with van der Waals surface area (Å²) in [6.07, 6.45) is 0. The lowest BCUT2D eigenvalue weighted by molar-refractivity contribution is -0.303. The minimum absolute atomic E-state index is 0.0676. The van der Waals surface area contributed by atoms with Crippen LogP contribution in [0.4, 0.5) is 0 Å². The number of sulfonamides is 1. The van der Waals surface area contributed by atoms with Crippen LogP contribution in [0, 0.1) is 0 Å². The first-order chi connectivity index (χ1) is 7.33. The van der Waals surface area contributed by atoms with E-state index >= 15 is 0 Å². The van der Waals surface area contributed by atoms with E-state index in [0.717, 1.165) is 6.07 Å². The molecule has 0 unspecified atom stereocenters. The molecule has 1 rings (SSSR count). The Morgan fingerprint density at radius 3 is 2.44 bits per heavy atom. The van der Waals surface area contributed by atoms with Gasteiger partial charge in [-0.25, -0.2) is 13.1 Å². The molecule has 1 N–H and O–H groups in total. The van der Waals surface area contributed by atoms with E-state index in [2.05, 4.69) is 0 Å². The van der Waals surface area contributed by atoms with Crippen LogP contribution < -0.4 is 9.83 Å². The zero-order chi connectivity index (χ0) is 12.3. The summed E-state index contributed by atoms with van der Waals surface area (Å²) in [5.74, 6) is -1.52. The predicted octanol–water partition coefficient (Wildman–Crippen LogP) is 0.0216. The van der Waals surface area contributed by atoms with Gasteiger partial charge in [0.1, 0.15) is 0 Å². The van der Waals surface area contributed by atoms with Crippen molar-refractivity contribution in [1.29, 1.82) is 0 Å². The molecule has 0 bridgehead atoms. The summed E-state index contributed by atoms with van der Waals surface area (Å²) in [5, 5.41) is 10.4. The third-order valence-electron chi connectivity index (χ3n) is 1.61. The number of aliphatic carboxylic acids is 1. The van der Waals surface area contributed by atoms with E-state index in [9.17, 15) is 18.3 Å². The summed E-state index contributed by atoms with van der Waals surface area (Å²) in [4.78, 5) is 9.95. The van der Waals surface area contributed by atoms with Gasteiger partial charge in [0.2, 0.25) is 10.0 Å². The Balaban J connectivity index is 2.99. The lowest BCUT2D eigenvalue weighted by atomic mass is 10.4. The van der Waals surface area contributed by atoms with E-state index in [0.29, 0.717) is 0 Å². The number of benzene rings is 1. The van der Waals surface area contributed by atoms with Gasteiger partial charge >= 0.3 is 0 Å². The van der Waals surface area contributed by atoms with Crippen molar-refractivity contribution < 1.29 is 18.3 Å². The molecule has 0 radical (unpaired) electrons. The van der Waals surface area contributed by atoms with Gasteiger partial charge in [0.15, 0.2) is 0 Å². The Kier molecular flexibility index (Phi) is 4.15. The molecule has 0 heterocycles. The highest BCUT2D eigenvalue weighted by Crippen LogP contribution is 2.24. The maximum absolute atomic E-state index is 11.5. The SMILES string of the molecule is O=C([O-])CNS(=O)(=O)c1ccc(Cl)c(Cl)c1. The number of hydrogen-bond acceptors (Lipinski definition) is 4. The van der Waals surface area contributed by atoms with E-state index in [1.54, 1.807) is 0 Å². The molecule has 8 heteroatoms. The number of halogens is 2. The zero-order valence-corrected chi connectivity index (χ0v) is 10.1. The number of carbonyl (C=O) groups excluding carboxylic acids is 1. The number of nitrogens with one attached hydrogen (secondary N) is 1. The fraction of sp³-hybridized carbons (Fsp3) is 0.125. The zero-order valence-electron chi connectivity index (χ0n) is 7.74. The number of carbonyl (C=O) groups is 1. The van der Waals surface area contributed by atoms with Crippen molar-refractivity contribution in [3.63, 3.8) is 0 Å². The summed E-state index contributed by atoms with van der Waals surface area (Å²) in [7, 11) is -3.91. The summed E-state index contributed by atoms with van der Waals surface area (Å²) in [6.45, 7) is -0.803. The number of hydrogen-bond donors (Lipinski definition) is 1. The molecule has 16 heavy (non-hydrogen) atoms. The maximum atomic E-state index is 11.5. The normalized spacial score (nSPS) is 11.4. The van der Waals surface area contributed by atoms with Crippen LogP contribution in [0.3, 0.4) is 0 Å². The molecule has 0 saturated carbocycles. The molecule has 0 amide bonds. The third kappa shape index (κ3) is 3.34. The maximum Gasteiger partial charge on any atom is 0.240 e. The van der Waals surface area contributed by atoms with E-state index in [-0.39, 0.29) is 14.9 Å². The van der Waals surface area contributed by atoms with Crippen LogP contribution >= 0.6 is 23.2 Å². The topological polar surface area (TPSA) is 86.3 Å². The highest BCUT2D eigenvalue weighted by atomic mass is 35.5. The fourth-order valence-corrected chi connectivity index (χ4v) is 2.24. The van der Waals surface area contributed by atoms with Crippen molar-refractivity contribution in [3.8, 4) is 0 Å². The number of rotatable bonds is 4. The van der Waals surface area contributed by atoms with Crippen LogP contribution in [0.5, 0.6) is 0 Å². The summed E-state index contributed by atoms with van der Waals surface area (Å²) < 4.78 is 24.8. The Labute approximate surface area is 102 Å². The highest BCUT2D eigenvalue weighted by molar-refractivity contribution is 7.89. The van der Waals surface area contributed by atoms with Gasteiger partial charge in [-0.1, -0.05) is 23.2 Å². The molecule has 0 spiro atoms. The van der Waals surface area contributed by atoms with Crippen LogP contribution in [-0.2, 0) is 14.8 Å². The van der Waals surface area contributed by atoms with Gasteiger partial charge in [0.25, 0.3) is 0 Å². The minimum Gasteiger partial charge on any atom is -0.549 e. The average molecular weight is 283 g/mol. The first-order valence-electron chi connectivity index (χ1n) is 3.97. The lowest BCUT2D eigenvalue weighted by Crippen LogP contribution is -2.37. The predicted molar refractivity (Wildman–Crippen MR) is 56.7 cm³/mol. The second kappa shape index (κ2) is 5.01. The molecule has 88 valence electrons. The summed E-state index contributed by atoms with van der Waals surface area (Å²) in [6, 6.07) is 3.64. The number of carboxylic acids is 1. The first kappa shape index (κ1) is 13.2. The van der Waals surface area contributed by atoms with Gasteiger partial charge in [0, 0.05) is 0 Å². The standard InChI is InChI=1S/C8H7Cl2NO4S/c9-6-2-1-5(3-7(6)10)16(14,15)11-4-8(12)13/h1-3,11H,4H2,(H,12,13)/p-1. The van der Waals surface area contributed by atoms with Gasteiger partial charge in [-0.2, -0.15) is 0 Å². The lowest BCUT2D eigenvalue weighted by Gasteiger charge is -2.07. The van der Waals surface area contributed by atoms with E-state index < -0.39 is 22.5 Å². The van der Waals surface area contributed by atoms with Crippen molar-refractivity contribution in [2.45, 2.75) is 4.90 Å². The Bertz CT molecular complexity index is 515. The van der Waals surface area contributed by atoms with Gasteiger partial charge in [-0.05, 0) is 18.2 Å². The van der Waals surface area contributed by atoms with Crippen molar-refractivity contribution in [3.05, 3.63) is 28.2 Å². The van der Waals surface area contributed by atoms with E-state index in [4.69, 9.17) is 23.2 Å². The molecular weight excluding hydrogens is 277 g/mol. The van der Waals surface area contributed by atoms with Crippen molar-refractivity contribution in [2.75, 3.05) is 6.54 Å². The Morgan fingerprint density at radius 1 is 1.31 bits per heavy atom. The minimum atomic E-state index is -3.91. The molecule has 0 aliphatic heterocycles. The Morgan fingerprint density at radius 2 is 1.94 bits per heavy atom. The molecule has 0 saturated heterocycles. The summed E-state index contributed by atoms with van der Waals surface area (Å²) >= 11 is 11.2. The van der Waals surface area contributed by atoms with E-state index in [1.807, 2.05) is 4.72 Å².